The Morgan fingerprint density at radius 3 is 2.60 bits per heavy atom. The first-order valence-electron chi connectivity index (χ1n) is 8.26. The molecular formula is C18H22N4O3. The molecule has 1 aliphatic heterocycles. The fourth-order valence-electron chi connectivity index (χ4n) is 2.99. The summed E-state index contributed by atoms with van der Waals surface area (Å²) in [6.07, 6.45) is 8.74. The van der Waals surface area contributed by atoms with Gasteiger partial charge in [-0.1, -0.05) is 11.3 Å². The molecule has 0 atom stereocenters. The van der Waals surface area contributed by atoms with Crippen molar-refractivity contribution in [2.24, 2.45) is 0 Å². The zero-order valence-corrected chi connectivity index (χ0v) is 14.5. The Kier molecular flexibility index (Phi) is 5.33. The molecule has 132 valence electrons. The van der Waals surface area contributed by atoms with Gasteiger partial charge in [-0.3, -0.25) is 4.79 Å². The molecule has 1 saturated heterocycles. The van der Waals surface area contributed by atoms with Gasteiger partial charge in [0.25, 0.3) is 0 Å². The molecule has 0 aliphatic carbocycles. The quantitative estimate of drug-likeness (QED) is 0.779. The molecular weight excluding hydrogens is 320 g/mol. The Morgan fingerprint density at radius 1 is 1.20 bits per heavy atom. The Labute approximate surface area is 146 Å². The molecule has 0 N–H and O–H groups in total. The summed E-state index contributed by atoms with van der Waals surface area (Å²) in [5.41, 5.74) is 0.892. The van der Waals surface area contributed by atoms with Crippen molar-refractivity contribution in [3.8, 4) is 11.5 Å². The zero-order chi connectivity index (χ0) is 17.6. The van der Waals surface area contributed by atoms with Gasteiger partial charge >= 0.3 is 0 Å². The van der Waals surface area contributed by atoms with E-state index in [0.717, 1.165) is 31.5 Å². The Morgan fingerprint density at radius 2 is 1.96 bits per heavy atom. The van der Waals surface area contributed by atoms with Gasteiger partial charge in [0.05, 0.1) is 26.5 Å². The molecule has 1 aromatic heterocycles. The lowest BCUT2D eigenvalue weighted by Gasteiger charge is -2.31. The number of carbonyl (C=O) groups is 1. The van der Waals surface area contributed by atoms with Crippen LogP contribution in [0.15, 0.2) is 36.7 Å². The molecule has 2 aromatic rings. The van der Waals surface area contributed by atoms with E-state index < -0.39 is 0 Å². The fourth-order valence-corrected chi connectivity index (χ4v) is 2.99. The van der Waals surface area contributed by atoms with Crippen LogP contribution in [0, 0.1) is 0 Å². The number of benzene rings is 1. The second-order valence-corrected chi connectivity index (χ2v) is 5.89. The largest absolute Gasteiger partial charge is 0.493 e. The molecule has 2 heterocycles. The first-order valence-corrected chi connectivity index (χ1v) is 8.26. The number of likely N-dealkylation sites (tertiary alicyclic amines) is 1. The van der Waals surface area contributed by atoms with E-state index in [4.69, 9.17) is 9.47 Å². The summed E-state index contributed by atoms with van der Waals surface area (Å²) in [4.78, 5) is 14.3. The lowest BCUT2D eigenvalue weighted by Crippen LogP contribution is -2.38. The molecule has 0 spiro atoms. The van der Waals surface area contributed by atoms with Gasteiger partial charge < -0.3 is 14.4 Å². The lowest BCUT2D eigenvalue weighted by molar-refractivity contribution is -0.127. The van der Waals surface area contributed by atoms with Gasteiger partial charge in [-0.2, -0.15) is 0 Å². The fraction of sp³-hybridized carbons (Fsp3) is 0.389. The van der Waals surface area contributed by atoms with E-state index in [1.807, 2.05) is 34.0 Å². The van der Waals surface area contributed by atoms with Crippen molar-refractivity contribution < 1.29 is 14.3 Å². The van der Waals surface area contributed by atoms with Crippen LogP contribution in [-0.4, -0.2) is 53.1 Å². The van der Waals surface area contributed by atoms with Crippen LogP contribution in [0.3, 0.4) is 0 Å². The molecule has 0 saturated carbocycles. The molecule has 3 rings (SSSR count). The van der Waals surface area contributed by atoms with E-state index in [1.54, 1.807) is 32.6 Å². The molecule has 1 amide bonds. The predicted octanol–water partition coefficient (Wildman–Crippen LogP) is 2.17. The minimum absolute atomic E-state index is 0.0202. The maximum Gasteiger partial charge on any atom is 0.246 e. The molecule has 1 aliphatic rings. The van der Waals surface area contributed by atoms with Gasteiger partial charge in [0.1, 0.15) is 0 Å². The molecule has 0 bridgehead atoms. The average Bonchev–Trinajstić information content (AvgIpc) is 3.20. The molecule has 25 heavy (non-hydrogen) atoms. The van der Waals surface area contributed by atoms with E-state index in [0.29, 0.717) is 17.5 Å². The van der Waals surface area contributed by atoms with E-state index in [2.05, 4.69) is 10.3 Å². The second-order valence-electron chi connectivity index (χ2n) is 5.89. The van der Waals surface area contributed by atoms with Gasteiger partial charge in [-0.25, -0.2) is 4.68 Å². The summed E-state index contributed by atoms with van der Waals surface area (Å²) in [6.45, 7) is 1.44. The van der Waals surface area contributed by atoms with Gasteiger partial charge in [0.2, 0.25) is 5.91 Å². The number of ether oxygens (including phenoxy) is 2. The number of methoxy groups -OCH3 is 2. The van der Waals surface area contributed by atoms with Crippen molar-refractivity contribution in [2.75, 3.05) is 27.3 Å². The van der Waals surface area contributed by atoms with Gasteiger partial charge in [0, 0.05) is 25.4 Å². The summed E-state index contributed by atoms with van der Waals surface area (Å²) in [5.74, 6) is 1.33. The first-order chi connectivity index (χ1) is 12.2. The van der Waals surface area contributed by atoms with Crippen LogP contribution in [0.4, 0.5) is 0 Å². The van der Waals surface area contributed by atoms with E-state index >= 15 is 0 Å². The Balaban J connectivity index is 1.58. The summed E-state index contributed by atoms with van der Waals surface area (Å²) in [7, 11) is 3.19. The highest BCUT2D eigenvalue weighted by Crippen LogP contribution is 2.28. The normalized spacial score (nSPS) is 15.5. The lowest BCUT2D eigenvalue weighted by atomic mass is 10.1. The summed E-state index contributed by atoms with van der Waals surface area (Å²) >= 11 is 0. The minimum Gasteiger partial charge on any atom is -0.493 e. The van der Waals surface area contributed by atoms with Crippen molar-refractivity contribution in [3.05, 3.63) is 42.2 Å². The number of carbonyl (C=O) groups excluding carboxylic acids is 1. The van der Waals surface area contributed by atoms with E-state index in [1.165, 1.54) is 0 Å². The number of nitrogens with zero attached hydrogens (tertiary/aromatic N) is 4. The monoisotopic (exact) mass is 342 g/mol. The highest BCUT2D eigenvalue weighted by molar-refractivity contribution is 5.91. The molecule has 1 aromatic carbocycles. The van der Waals surface area contributed by atoms with Crippen LogP contribution in [0.25, 0.3) is 6.08 Å². The number of hydrogen-bond acceptors (Lipinski definition) is 5. The summed E-state index contributed by atoms with van der Waals surface area (Å²) < 4.78 is 12.4. The third-order valence-corrected chi connectivity index (χ3v) is 4.42. The van der Waals surface area contributed by atoms with Crippen molar-refractivity contribution in [1.29, 1.82) is 0 Å². The van der Waals surface area contributed by atoms with E-state index in [9.17, 15) is 4.79 Å². The number of amides is 1. The van der Waals surface area contributed by atoms with Crippen LogP contribution in [0.2, 0.25) is 0 Å². The molecule has 7 heteroatoms. The van der Waals surface area contributed by atoms with Gasteiger partial charge in [0.15, 0.2) is 11.5 Å². The van der Waals surface area contributed by atoms with Crippen molar-refractivity contribution in [2.45, 2.75) is 18.9 Å². The topological polar surface area (TPSA) is 69.5 Å². The SMILES string of the molecule is COc1ccc(C=CC(=O)N2CCC(n3ccnn3)CC2)cc1OC. The smallest absolute Gasteiger partial charge is 0.246 e. The second kappa shape index (κ2) is 7.83. The summed E-state index contributed by atoms with van der Waals surface area (Å²) in [6, 6.07) is 5.88. The highest BCUT2D eigenvalue weighted by Gasteiger charge is 2.22. The molecule has 7 nitrogen and oxygen atoms in total. The molecule has 1 fully saturated rings. The Bertz CT molecular complexity index is 735. The average molecular weight is 342 g/mol. The van der Waals surface area contributed by atoms with Crippen molar-refractivity contribution in [1.82, 2.24) is 19.9 Å². The van der Waals surface area contributed by atoms with E-state index in [-0.39, 0.29) is 5.91 Å². The van der Waals surface area contributed by atoms with Gasteiger partial charge in [-0.05, 0) is 36.6 Å². The number of rotatable bonds is 5. The van der Waals surface area contributed by atoms with Crippen molar-refractivity contribution >= 4 is 12.0 Å². The minimum atomic E-state index is 0.0202. The first kappa shape index (κ1) is 17.0. The molecule has 0 unspecified atom stereocenters. The molecule has 0 radical (unpaired) electrons. The number of piperidine rings is 1. The van der Waals surface area contributed by atoms with Crippen LogP contribution in [0.1, 0.15) is 24.4 Å². The van der Waals surface area contributed by atoms with Crippen LogP contribution >= 0.6 is 0 Å². The number of aromatic nitrogens is 3. The van der Waals surface area contributed by atoms with Crippen LogP contribution in [0.5, 0.6) is 11.5 Å². The zero-order valence-electron chi connectivity index (χ0n) is 14.5. The third-order valence-electron chi connectivity index (χ3n) is 4.42. The van der Waals surface area contributed by atoms with Crippen molar-refractivity contribution in [3.63, 3.8) is 0 Å². The van der Waals surface area contributed by atoms with Crippen LogP contribution < -0.4 is 9.47 Å². The Hall–Kier alpha value is -2.83. The predicted molar refractivity (Wildman–Crippen MR) is 93.5 cm³/mol. The maximum atomic E-state index is 12.4. The highest BCUT2D eigenvalue weighted by atomic mass is 16.5. The third kappa shape index (κ3) is 3.99. The standard InChI is InChI=1S/C18H22N4O3/c1-24-16-5-3-14(13-17(16)25-2)4-6-18(23)21-10-7-15(8-11-21)22-12-9-19-20-22/h3-6,9,12-13,15H,7-8,10-11H2,1-2H3. The summed E-state index contributed by atoms with van der Waals surface area (Å²) in [5, 5.41) is 7.89. The number of hydrogen-bond donors (Lipinski definition) is 0. The van der Waals surface area contributed by atoms with Crippen LogP contribution in [-0.2, 0) is 4.79 Å². The van der Waals surface area contributed by atoms with Gasteiger partial charge in [-0.15, -0.1) is 5.10 Å². The maximum absolute atomic E-state index is 12.4.